The van der Waals surface area contributed by atoms with E-state index in [1.165, 1.54) is 18.2 Å². The van der Waals surface area contributed by atoms with Crippen LogP contribution >= 0.6 is 0 Å². The van der Waals surface area contributed by atoms with Gasteiger partial charge in [-0.05, 0) is 35.9 Å². The highest BCUT2D eigenvalue weighted by atomic mass is 32.2. The number of benzene rings is 2. The molecule has 0 aromatic heterocycles. The molecule has 0 aliphatic carbocycles. The molecule has 0 amide bonds. The number of hydrogen-bond acceptors (Lipinski definition) is 7. The topological polar surface area (TPSA) is 142 Å². The van der Waals surface area contributed by atoms with Gasteiger partial charge in [0.1, 0.15) is 0 Å². The van der Waals surface area contributed by atoms with Crippen LogP contribution < -0.4 is 4.83 Å². The summed E-state index contributed by atoms with van der Waals surface area (Å²) in [6.07, 6.45) is 1.13. The summed E-state index contributed by atoms with van der Waals surface area (Å²) in [7, 11) is -3.97. The summed E-state index contributed by atoms with van der Waals surface area (Å²) in [6.45, 7) is 0. The summed E-state index contributed by atoms with van der Waals surface area (Å²) in [5.41, 5.74) is 0.124. The highest BCUT2D eigenvalue weighted by Crippen LogP contribution is 2.24. The van der Waals surface area contributed by atoms with Crippen molar-refractivity contribution in [2.24, 2.45) is 5.10 Å². The number of non-ortho nitro benzene ring substituents is 1. The summed E-state index contributed by atoms with van der Waals surface area (Å²) in [4.78, 5) is 11.6. The second-order valence-corrected chi connectivity index (χ2v) is 6.01. The lowest BCUT2D eigenvalue weighted by molar-refractivity contribution is -0.384. The molecule has 0 aliphatic rings. The molecule has 0 saturated heterocycles. The van der Waals surface area contributed by atoms with Crippen molar-refractivity contribution < 1.29 is 23.6 Å². The molecule has 0 aliphatic heterocycles. The van der Waals surface area contributed by atoms with Crippen LogP contribution in [0.2, 0.25) is 0 Å². The van der Waals surface area contributed by atoms with Crippen LogP contribution in [0.4, 0.5) is 5.69 Å². The summed E-state index contributed by atoms with van der Waals surface area (Å²) in [5, 5.41) is 32.5. The van der Waals surface area contributed by atoms with Gasteiger partial charge in [-0.3, -0.25) is 10.1 Å². The molecule has 3 N–H and O–H groups in total. The van der Waals surface area contributed by atoms with Gasteiger partial charge in [0.05, 0.1) is 16.0 Å². The lowest BCUT2D eigenvalue weighted by Gasteiger charge is -2.03. The number of phenols is 2. The number of aromatic hydroxyl groups is 2. The smallest absolute Gasteiger partial charge is 0.276 e. The fraction of sp³-hybridized carbons (Fsp3) is 0. The molecule has 9 nitrogen and oxygen atoms in total. The molecule has 0 atom stereocenters. The second-order valence-electron chi connectivity index (χ2n) is 4.35. The minimum absolute atomic E-state index is 0.186. The lowest BCUT2D eigenvalue weighted by atomic mass is 10.2. The molecule has 0 bridgehead atoms. The molecule has 0 heterocycles. The average Bonchev–Trinajstić information content (AvgIpc) is 2.51. The van der Waals surface area contributed by atoms with Crippen LogP contribution in [0.15, 0.2) is 52.5 Å². The molecule has 23 heavy (non-hydrogen) atoms. The van der Waals surface area contributed by atoms with Crippen molar-refractivity contribution in [1.29, 1.82) is 0 Å². The minimum atomic E-state index is -3.97. The number of hydrogen-bond donors (Lipinski definition) is 3. The number of nitrogens with zero attached hydrogens (tertiary/aromatic N) is 2. The standard InChI is InChI=1S/C13H11N3O6S/c17-12-6-1-9(7-13(12)18)8-14-15-23(21,22)11-4-2-10(3-5-11)16(19)20/h1-8,15,17-18H/b14-8-. The SMILES string of the molecule is O=[N+]([O-])c1ccc(S(=O)(=O)N/N=C\c2ccc(O)c(O)c2)cc1. The Morgan fingerprint density at radius 1 is 1.09 bits per heavy atom. The van der Waals surface area contributed by atoms with E-state index in [0.29, 0.717) is 5.56 Å². The number of hydrazone groups is 1. The normalized spacial score (nSPS) is 11.5. The number of sulfonamides is 1. The van der Waals surface area contributed by atoms with E-state index >= 15 is 0 Å². The van der Waals surface area contributed by atoms with E-state index in [2.05, 4.69) is 5.10 Å². The van der Waals surface area contributed by atoms with Gasteiger partial charge < -0.3 is 10.2 Å². The molecule has 2 aromatic carbocycles. The zero-order valence-electron chi connectivity index (χ0n) is 11.4. The first-order valence-electron chi connectivity index (χ1n) is 6.11. The van der Waals surface area contributed by atoms with Crippen LogP contribution in [0, 0.1) is 10.1 Å². The van der Waals surface area contributed by atoms with E-state index in [-0.39, 0.29) is 22.1 Å². The van der Waals surface area contributed by atoms with Gasteiger partial charge in [-0.25, -0.2) is 4.83 Å². The summed E-state index contributed by atoms with van der Waals surface area (Å²) >= 11 is 0. The molecular weight excluding hydrogens is 326 g/mol. The van der Waals surface area contributed by atoms with Crippen molar-refractivity contribution in [3.05, 3.63) is 58.1 Å². The largest absolute Gasteiger partial charge is 0.504 e. The first-order valence-corrected chi connectivity index (χ1v) is 7.59. The highest BCUT2D eigenvalue weighted by Gasteiger charge is 2.14. The first-order chi connectivity index (χ1) is 10.8. The van der Waals surface area contributed by atoms with Gasteiger partial charge in [-0.2, -0.15) is 13.5 Å². The maximum Gasteiger partial charge on any atom is 0.276 e. The average molecular weight is 337 g/mol. The molecular formula is C13H11N3O6S. The fourth-order valence-electron chi connectivity index (χ4n) is 1.59. The molecule has 0 spiro atoms. The number of nitro benzene ring substituents is 1. The van der Waals surface area contributed by atoms with Gasteiger partial charge in [-0.1, -0.05) is 0 Å². The predicted molar refractivity (Wildman–Crippen MR) is 80.8 cm³/mol. The zero-order valence-corrected chi connectivity index (χ0v) is 12.3. The van der Waals surface area contributed by atoms with Crippen LogP contribution in [0.25, 0.3) is 0 Å². The van der Waals surface area contributed by atoms with Gasteiger partial charge in [0, 0.05) is 12.1 Å². The Kier molecular flexibility index (Phi) is 4.46. The molecule has 0 radical (unpaired) electrons. The van der Waals surface area contributed by atoms with Crippen molar-refractivity contribution in [3.63, 3.8) is 0 Å². The van der Waals surface area contributed by atoms with Gasteiger partial charge in [0.15, 0.2) is 11.5 Å². The quantitative estimate of drug-likeness (QED) is 0.325. The maximum absolute atomic E-state index is 11.9. The van der Waals surface area contributed by atoms with E-state index in [9.17, 15) is 23.6 Å². The maximum atomic E-state index is 11.9. The Labute approximate surface area is 130 Å². The van der Waals surface area contributed by atoms with Crippen LogP contribution in [0.5, 0.6) is 11.5 Å². The van der Waals surface area contributed by atoms with E-state index in [1.807, 2.05) is 4.83 Å². The third kappa shape index (κ3) is 3.95. The second kappa shape index (κ2) is 6.32. The highest BCUT2D eigenvalue weighted by molar-refractivity contribution is 7.89. The molecule has 2 aromatic rings. The van der Waals surface area contributed by atoms with E-state index in [1.54, 1.807) is 0 Å². The number of nitrogens with one attached hydrogen (secondary N) is 1. The van der Waals surface area contributed by atoms with Crippen LogP contribution in [-0.2, 0) is 10.0 Å². The van der Waals surface area contributed by atoms with Crippen LogP contribution in [0.3, 0.4) is 0 Å². The summed E-state index contributed by atoms with van der Waals surface area (Å²) in [6, 6.07) is 8.14. The number of nitro groups is 1. The Bertz CT molecular complexity index is 862. The Hall–Kier alpha value is -3.14. The third-order valence-electron chi connectivity index (χ3n) is 2.74. The van der Waals surface area contributed by atoms with Gasteiger partial charge in [0.2, 0.25) is 0 Å². The van der Waals surface area contributed by atoms with Crippen molar-refractivity contribution in [2.45, 2.75) is 4.90 Å². The first kappa shape index (κ1) is 16.2. The van der Waals surface area contributed by atoms with Crippen molar-refractivity contribution in [3.8, 4) is 11.5 Å². The Morgan fingerprint density at radius 3 is 2.30 bits per heavy atom. The van der Waals surface area contributed by atoms with Gasteiger partial charge >= 0.3 is 0 Å². The van der Waals surface area contributed by atoms with Crippen LogP contribution in [0.1, 0.15) is 5.56 Å². The van der Waals surface area contributed by atoms with Gasteiger partial charge in [0.25, 0.3) is 15.7 Å². The number of rotatable bonds is 5. The summed E-state index contributed by atoms with van der Waals surface area (Å²) in [5.74, 6) is -0.680. The molecule has 10 heteroatoms. The molecule has 120 valence electrons. The predicted octanol–water partition coefficient (Wildman–Crippen LogP) is 1.32. The zero-order chi connectivity index (χ0) is 17.0. The van der Waals surface area contributed by atoms with Crippen molar-refractivity contribution >= 4 is 21.9 Å². The Morgan fingerprint density at radius 2 is 1.74 bits per heavy atom. The van der Waals surface area contributed by atoms with Gasteiger partial charge in [-0.15, -0.1) is 0 Å². The fourth-order valence-corrected chi connectivity index (χ4v) is 2.38. The van der Waals surface area contributed by atoms with Crippen molar-refractivity contribution in [1.82, 2.24) is 4.83 Å². The Balaban J connectivity index is 2.13. The minimum Gasteiger partial charge on any atom is -0.504 e. The molecule has 0 fully saturated rings. The molecule has 0 saturated carbocycles. The number of phenolic OH excluding ortho intramolecular Hbond substituents is 2. The third-order valence-corrected chi connectivity index (χ3v) is 3.98. The molecule has 2 rings (SSSR count). The van der Waals surface area contributed by atoms with Crippen LogP contribution in [-0.4, -0.2) is 29.8 Å². The monoisotopic (exact) mass is 337 g/mol. The van der Waals surface area contributed by atoms with E-state index in [4.69, 9.17) is 5.11 Å². The van der Waals surface area contributed by atoms with E-state index in [0.717, 1.165) is 30.5 Å². The lowest BCUT2D eigenvalue weighted by Crippen LogP contribution is -2.18. The van der Waals surface area contributed by atoms with E-state index < -0.39 is 14.9 Å². The van der Waals surface area contributed by atoms with Crippen molar-refractivity contribution in [2.75, 3.05) is 0 Å². The summed E-state index contributed by atoms with van der Waals surface area (Å²) < 4.78 is 23.9. The molecule has 0 unspecified atom stereocenters.